The van der Waals surface area contributed by atoms with Crippen molar-refractivity contribution in [2.45, 2.75) is 13.1 Å². The molecule has 0 radical (unpaired) electrons. The smallest absolute Gasteiger partial charge is 0.121 e. The Morgan fingerprint density at radius 3 is 2.80 bits per heavy atom. The molecule has 0 aliphatic rings. The topological polar surface area (TPSA) is 40.7 Å². The third-order valence-electron chi connectivity index (χ3n) is 3.04. The summed E-state index contributed by atoms with van der Waals surface area (Å²) >= 11 is 9.46. The highest BCUT2D eigenvalue weighted by molar-refractivity contribution is 9.10. The number of benzene rings is 2. The van der Waals surface area contributed by atoms with Crippen LogP contribution in [0.3, 0.4) is 0 Å². The fourth-order valence-corrected chi connectivity index (χ4v) is 2.51. The highest BCUT2D eigenvalue weighted by Gasteiger charge is 2.02. The number of para-hydroxylation sites is 2. The van der Waals surface area contributed by atoms with Gasteiger partial charge in [0.25, 0.3) is 0 Å². The van der Waals surface area contributed by atoms with Crippen molar-refractivity contribution < 1.29 is 0 Å². The lowest BCUT2D eigenvalue weighted by molar-refractivity contribution is 0.670. The summed E-state index contributed by atoms with van der Waals surface area (Å²) in [5.41, 5.74) is 3.21. The van der Waals surface area contributed by atoms with Crippen LogP contribution >= 0.6 is 27.5 Å². The Bertz CT molecular complexity index is 706. The zero-order valence-electron chi connectivity index (χ0n) is 10.7. The van der Waals surface area contributed by atoms with Gasteiger partial charge in [-0.15, -0.1) is 0 Å². The molecule has 0 amide bonds. The van der Waals surface area contributed by atoms with E-state index in [0.29, 0.717) is 6.54 Å². The number of H-pyrrole nitrogens is 1. The molecular weight excluding hydrogens is 338 g/mol. The number of nitrogens with zero attached hydrogens (tertiary/aromatic N) is 1. The van der Waals surface area contributed by atoms with Crippen molar-refractivity contribution in [2.75, 3.05) is 0 Å². The third kappa shape index (κ3) is 3.03. The molecule has 1 aromatic heterocycles. The van der Waals surface area contributed by atoms with Crippen molar-refractivity contribution in [1.82, 2.24) is 15.3 Å². The maximum absolute atomic E-state index is 6.07. The van der Waals surface area contributed by atoms with Gasteiger partial charge in [0.05, 0.1) is 22.6 Å². The maximum atomic E-state index is 6.07. The molecule has 20 heavy (non-hydrogen) atoms. The minimum Gasteiger partial charge on any atom is -0.341 e. The summed E-state index contributed by atoms with van der Waals surface area (Å²) in [4.78, 5) is 7.82. The minimum absolute atomic E-state index is 0.697. The molecule has 0 saturated carbocycles. The Balaban J connectivity index is 1.63. The third-order valence-corrected chi connectivity index (χ3v) is 4.28. The van der Waals surface area contributed by atoms with Crippen LogP contribution in [0.25, 0.3) is 11.0 Å². The van der Waals surface area contributed by atoms with Crippen LogP contribution in [0, 0.1) is 0 Å². The van der Waals surface area contributed by atoms with Gasteiger partial charge < -0.3 is 10.3 Å². The molecular formula is C15H13BrClN3. The molecule has 0 aliphatic carbocycles. The Morgan fingerprint density at radius 2 is 2.00 bits per heavy atom. The molecule has 3 aromatic rings. The fourth-order valence-electron chi connectivity index (χ4n) is 2.06. The Kier molecular flexibility index (Phi) is 4.05. The first-order chi connectivity index (χ1) is 9.72. The van der Waals surface area contributed by atoms with Crippen molar-refractivity contribution >= 4 is 38.6 Å². The molecule has 0 fully saturated rings. The van der Waals surface area contributed by atoms with E-state index >= 15 is 0 Å². The molecule has 0 atom stereocenters. The molecule has 3 nitrogen and oxygen atoms in total. The van der Waals surface area contributed by atoms with Crippen LogP contribution < -0.4 is 5.32 Å². The zero-order valence-corrected chi connectivity index (χ0v) is 13.0. The van der Waals surface area contributed by atoms with Crippen LogP contribution in [0.5, 0.6) is 0 Å². The number of nitrogens with one attached hydrogen (secondary N) is 2. The van der Waals surface area contributed by atoms with Gasteiger partial charge in [0.15, 0.2) is 0 Å². The van der Waals surface area contributed by atoms with E-state index in [4.69, 9.17) is 11.6 Å². The van der Waals surface area contributed by atoms with E-state index in [-0.39, 0.29) is 0 Å². The average molecular weight is 351 g/mol. The van der Waals surface area contributed by atoms with Crippen molar-refractivity contribution in [3.05, 3.63) is 63.3 Å². The number of hydrogen-bond acceptors (Lipinski definition) is 2. The summed E-state index contributed by atoms with van der Waals surface area (Å²) in [6.07, 6.45) is 0. The predicted octanol–water partition coefficient (Wildman–Crippen LogP) is 4.27. The first kappa shape index (κ1) is 13.6. The van der Waals surface area contributed by atoms with Crippen LogP contribution in [0.2, 0.25) is 5.02 Å². The predicted molar refractivity (Wildman–Crippen MR) is 85.8 cm³/mol. The fraction of sp³-hybridized carbons (Fsp3) is 0.133. The van der Waals surface area contributed by atoms with Crippen molar-refractivity contribution in [3.63, 3.8) is 0 Å². The lowest BCUT2D eigenvalue weighted by atomic mass is 10.2. The SMILES string of the molecule is Clc1cc(CNCc2nc3ccccc3[nH]2)ccc1Br. The molecule has 102 valence electrons. The van der Waals surface area contributed by atoms with Gasteiger partial charge in [-0.2, -0.15) is 0 Å². The first-order valence-corrected chi connectivity index (χ1v) is 7.48. The second-order valence-electron chi connectivity index (χ2n) is 4.55. The van der Waals surface area contributed by atoms with Crippen LogP contribution in [0.1, 0.15) is 11.4 Å². The number of rotatable bonds is 4. The second-order valence-corrected chi connectivity index (χ2v) is 5.81. The van der Waals surface area contributed by atoms with Crippen molar-refractivity contribution in [1.29, 1.82) is 0 Å². The van der Waals surface area contributed by atoms with Crippen LogP contribution in [-0.4, -0.2) is 9.97 Å². The van der Waals surface area contributed by atoms with Gasteiger partial charge in [-0.05, 0) is 45.8 Å². The molecule has 0 saturated heterocycles. The van der Waals surface area contributed by atoms with E-state index < -0.39 is 0 Å². The van der Waals surface area contributed by atoms with Gasteiger partial charge in [0.2, 0.25) is 0 Å². The molecule has 3 rings (SSSR count). The number of imidazole rings is 1. The van der Waals surface area contributed by atoms with E-state index in [0.717, 1.165) is 38.5 Å². The Labute approximate surface area is 130 Å². The zero-order chi connectivity index (χ0) is 13.9. The standard InChI is InChI=1S/C15H13BrClN3/c16-11-6-5-10(7-12(11)17)8-18-9-15-19-13-3-1-2-4-14(13)20-15/h1-7,18H,8-9H2,(H,19,20). The van der Waals surface area contributed by atoms with Gasteiger partial charge in [-0.25, -0.2) is 4.98 Å². The van der Waals surface area contributed by atoms with E-state index in [1.807, 2.05) is 42.5 Å². The number of hydrogen-bond donors (Lipinski definition) is 2. The lowest BCUT2D eigenvalue weighted by Gasteiger charge is -2.04. The summed E-state index contributed by atoms with van der Waals surface area (Å²) in [6.45, 7) is 1.45. The normalized spacial score (nSPS) is 11.1. The Hall–Kier alpha value is -1.36. The van der Waals surface area contributed by atoms with E-state index in [1.165, 1.54) is 0 Å². The van der Waals surface area contributed by atoms with E-state index in [1.54, 1.807) is 0 Å². The lowest BCUT2D eigenvalue weighted by Crippen LogP contribution is -2.13. The largest absolute Gasteiger partial charge is 0.341 e. The van der Waals surface area contributed by atoms with Gasteiger partial charge in [-0.1, -0.05) is 29.8 Å². The average Bonchev–Trinajstić information content (AvgIpc) is 2.85. The summed E-state index contributed by atoms with van der Waals surface area (Å²) in [5, 5.41) is 4.09. The maximum Gasteiger partial charge on any atom is 0.121 e. The molecule has 2 N–H and O–H groups in total. The van der Waals surface area contributed by atoms with Gasteiger partial charge in [-0.3, -0.25) is 0 Å². The van der Waals surface area contributed by atoms with Gasteiger partial charge in [0, 0.05) is 11.0 Å². The van der Waals surface area contributed by atoms with Crippen molar-refractivity contribution in [3.8, 4) is 0 Å². The molecule has 0 aliphatic heterocycles. The van der Waals surface area contributed by atoms with Crippen LogP contribution in [0.15, 0.2) is 46.9 Å². The van der Waals surface area contributed by atoms with E-state index in [2.05, 4.69) is 31.2 Å². The highest BCUT2D eigenvalue weighted by atomic mass is 79.9. The second kappa shape index (κ2) is 5.95. The van der Waals surface area contributed by atoms with E-state index in [9.17, 15) is 0 Å². The molecule has 5 heteroatoms. The molecule has 0 bridgehead atoms. The monoisotopic (exact) mass is 349 g/mol. The molecule has 0 unspecified atom stereocenters. The minimum atomic E-state index is 0.697. The van der Waals surface area contributed by atoms with Crippen molar-refractivity contribution in [2.24, 2.45) is 0 Å². The summed E-state index contributed by atoms with van der Waals surface area (Å²) < 4.78 is 0.917. The first-order valence-electron chi connectivity index (χ1n) is 6.30. The summed E-state index contributed by atoms with van der Waals surface area (Å²) in [5.74, 6) is 0.939. The van der Waals surface area contributed by atoms with Crippen LogP contribution in [-0.2, 0) is 13.1 Å². The number of fused-ring (bicyclic) bond motifs is 1. The molecule has 2 aromatic carbocycles. The quantitative estimate of drug-likeness (QED) is 0.738. The van der Waals surface area contributed by atoms with Gasteiger partial charge in [0.1, 0.15) is 5.82 Å². The Morgan fingerprint density at radius 1 is 1.15 bits per heavy atom. The van der Waals surface area contributed by atoms with Crippen LogP contribution in [0.4, 0.5) is 0 Å². The van der Waals surface area contributed by atoms with Gasteiger partial charge >= 0.3 is 0 Å². The number of halogens is 2. The molecule has 1 heterocycles. The number of aromatic amines is 1. The number of aromatic nitrogens is 2. The summed E-state index contributed by atoms with van der Waals surface area (Å²) in [6, 6.07) is 14.0. The highest BCUT2D eigenvalue weighted by Crippen LogP contribution is 2.23. The summed E-state index contributed by atoms with van der Waals surface area (Å²) in [7, 11) is 0. The molecule has 0 spiro atoms.